The third-order valence-electron chi connectivity index (χ3n) is 2.33. The number of amides is 2. The molecular weight excluding hydrogens is 268 g/mol. The van der Waals surface area contributed by atoms with Crippen molar-refractivity contribution < 1.29 is 19.5 Å². The van der Waals surface area contributed by atoms with Crippen molar-refractivity contribution >= 4 is 30.0 Å². The molecule has 6 nitrogen and oxygen atoms in total. The van der Waals surface area contributed by atoms with E-state index in [1.807, 2.05) is 6.07 Å². The number of thioether (sulfide) groups is 1. The monoisotopic (exact) mass is 282 g/mol. The molecule has 1 aromatic rings. The van der Waals surface area contributed by atoms with Crippen LogP contribution in [0.2, 0.25) is 0 Å². The van der Waals surface area contributed by atoms with E-state index < -0.39 is 17.9 Å². The summed E-state index contributed by atoms with van der Waals surface area (Å²) in [4.78, 5) is 32.0. The summed E-state index contributed by atoms with van der Waals surface area (Å²) in [5.41, 5.74) is 6.45. The van der Waals surface area contributed by atoms with Gasteiger partial charge in [-0.3, -0.25) is 9.59 Å². The highest BCUT2D eigenvalue weighted by atomic mass is 32.2. The highest BCUT2D eigenvalue weighted by Gasteiger charge is 2.15. The van der Waals surface area contributed by atoms with Crippen molar-refractivity contribution in [1.82, 2.24) is 5.32 Å². The number of primary amides is 1. The lowest BCUT2D eigenvalue weighted by molar-refractivity contribution is -0.139. The Morgan fingerprint density at radius 2 is 2.21 bits per heavy atom. The van der Waals surface area contributed by atoms with E-state index in [9.17, 15) is 14.4 Å². The Balaban J connectivity index is 2.52. The summed E-state index contributed by atoms with van der Waals surface area (Å²) in [5, 5.41) is 11.0. The fourth-order valence-electron chi connectivity index (χ4n) is 1.38. The molecule has 0 bridgehead atoms. The fourth-order valence-corrected chi connectivity index (χ4v) is 2.39. The van der Waals surface area contributed by atoms with Gasteiger partial charge in [0.15, 0.2) is 0 Å². The molecule has 1 aromatic carbocycles. The number of carboxylic acid groups (broad SMARTS) is 1. The molecule has 7 heteroatoms. The van der Waals surface area contributed by atoms with Gasteiger partial charge in [-0.2, -0.15) is 11.8 Å². The molecule has 102 valence electrons. The summed E-state index contributed by atoms with van der Waals surface area (Å²) < 4.78 is 0. The maximum atomic E-state index is 11.0. The summed E-state index contributed by atoms with van der Waals surface area (Å²) >= 11 is 1.35. The van der Waals surface area contributed by atoms with Crippen LogP contribution in [0.5, 0.6) is 0 Å². The molecule has 0 spiro atoms. The average molecular weight is 282 g/mol. The van der Waals surface area contributed by atoms with Crippen molar-refractivity contribution in [3.8, 4) is 0 Å². The zero-order valence-electron chi connectivity index (χ0n) is 10.0. The molecule has 0 aliphatic rings. The minimum absolute atomic E-state index is 0.245. The maximum Gasteiger partial charge on any atom is 0.327 e. The standard InChI is InChI=1S/C12H14N2O4S/c13-11(16)9-3-1-2-8(4-9)5-19-6-10(12(17)18)14-7-15/h1-4,7,10H,5-6H2,(H2,13,16)(H,14,15)(H,17,18). The van der Waals surface area contributed by atoms with Gasteiger partial charge < -0.3 is 16.2 Å². The number of carbonyl (C=O) groups is 3. The Labute approximate surface area is 114 Å². The number of nitrogens with one attached hydrogen (secondary N) is 1. The number of hydrogen-bond donors (Lipinski definition) is 3. The molecule has 1 unspecified atom stereocenters. The van der Waals surface area contributed by atoms with Crippen LogP contribution in [0.25, 0.3) is 0 Å². The van der Waals surface area contributed by atoms with Crippen molar-refractivity contribution in [3.05, 3.63) is 35.4 Å². The molecule has 0 aromatic heterocycles. The van der Waals surface area contributed by atoms with Gasteiger partial charge in [0.1, 0.15) is 6.04 Å². The van der Waals surface area contributed by atoms with E-state index in [4.69, 9.17) is 10.8 Å². The smallest absolute Gasteiger partial charge is 0.327 e. The van der Waals surface area contributed by atoms with Crippen molar-refractivity contribution in [1.29, 1.82) is 0 Å². The second-order valence-corrected chi connectivity index (χ2v) is 4.79. The van der Waals surface area contributed by atoms with Crippen LogP contribution in [-0.2, 0) is 15.3 Å². The van der Waals surface area contributed by atoms with E-state index in [2.05, 4.69) is 5.32 Å². The molecule has 0 fully saturated rings. The molecule has 1 atom stereocenters. The zero-order valence-corrected chi connectivity index (χ0v) is 10.9. The summed E-state index contributed by atoms with van der Waals surface area (Å²) in [6, 6.07) is 5.90. The van der Waals surface area contributed by atoms with Gasteiger partial charge in [-0.05, 0) is 17.7 Å². The predicted molar refractivity (Wildman–Crippen MR) is 71.7 cm³/mol. The van der Waals surface area contributed by atoms with Crippen LogP contribution >= 0.6 is 11.8 Å². The minimum atomic E-state index is -1.08. The topological polar surface area (TPSA) is 109 Å². The Kier molecular flexibility index (Phi) is 5.87. The largest absolute Gasteiger partial charge is 0.480 e. The Hall–Kier alpha value is -2.02. The Bertz CT molecular complexity index is 479. The average Bonchev–Trinajstić information content (AvgIpc) is 2.38. The Morgan fingerprint density at radius 1 is 1.47 bits per heavy atom. The van der Waals surface area contributed by atoms with Crippen LogP contribution in [0.3, 0.4) is 0 Å². The number of rotatable bonds is 8. The third-order valence-corrected chi connectivity index (χ3v) is 3.44. The number of benzene rings is 1. The van der Waals surface area contributed by atoms with Crippen molar-refractivity contribution in [3.63, 3.8) is 0 Å². The molecule has 0 aliphatic heterocycles. The lowest BCUT2D eigenvalue weighted by Gasteiger charge is -2.10. The number of carboxylic acids is 1. The summed E-state index contributed by atoms with van der Waals surface area (Å²) in [5.74, 6) is -0.802. The molecule has 0 saturated heterocycles. The number of carbonyl (C=O) groups excluding carboxylic acids is 2. The molecule has 1 rings (SSSR count). The first-order valence-electron chi connectivity index (χ1n) is 5.43. The Morgan fingerprint density at radius 3 is 2.79 bits per heavy atom. The molecule has 2 amide bonds. The SMILES string of the molecule is NC(=O)c1cccc(CSCC(NC=O)C(=O)O)c1. The first-order valence-corrected chi connectivity index (χ1v) is 6.59. The summed E-state index contributed by atoms with van der Waals surface area (Å²) in [6.45, 7) is 0. The summed E-state index contributed by atoms with van der Waals surface area (Å²) in [7, 11) is 0. The van der Waals surface area contributed by atoms with Gasteiger partial charge in [-0.1, -0.05) is 12.1 Å². The van der Waals surface area contributed by atoms with Gasteiger partial charge in [-0.15, -0.1) is 0 Å². The predicted octanol–water partition coefficient (Wildman–Crippen LogP) is 0.218. The van der Waals surface area contributed by atoms with Crippen LogP contribution < -0.4 is 11.1 Å². The minimum Gasteiger partial charge on any atom is -0.480 e. The van der Waals surface area contributed by atoms with E-state index in [-0.39, 0.29) is 5.75 Å². The van der Waals surface area contributed by atoms with E-state index >= 15 is 0 Å². The molecule has 0 radical (unpaired) electrons. The maximum absolute atomic E-state index is 11.0. The lowest BCUT2D eigenvalue weighted by atomic mass is 10.1. The second-order valence-electron chi connectivity index (χ2n) is 3.76. The van der Waals surface area contributed by atoms with Gasteiger partial charge in [0.25, 0.3) is 0 Å². The highest BCUT2D eigenvalue weighted by molar-refractivity contribution is 7.98. The van der Waals surface area contributed by atoms with Crippen molar-refractivity contribution in [2.45, 2.75) is 11.8 Å². The normalized spacial score (nSPS) is 11.6. The lowest BCUT2D eigenvalue weighted by Crippen LogP contribution is -2.37. The van der Waals surface area contributed by atoms with E-state index in [1.165, 1.54) is 11.8 Å². The quantitative estimate of drug-likeness (QED) is 0.591. The van der Waals surface area contributed by atoms with Gasteiger partial charge in [0.05, 0.1) is 0 Å². The molecule has 19 heavy (non-hydrogen) atoms. The van der Waals surface area contributed by atoms with Gasteiger partial charge >= 0.3 is 5.97 Å². The number of nitrogens with two attached hydrogens (primary N) is 1. The van der Waals surface area contributed by atoms with Crippen LogP contribution in [0.15, 0.2) is 24.3 Å². The summed E-state index contributed by atoms with van der Waals surface area (Å²) in [6.07, 6.45) is 0.368. The molecule has 0 heterocycles. The fraction of sp³-hybridized carbons (Fsp3) is 0.250. The van der Waals surface area contributed by atoms with Crippen LogP contribution in [-0.4, -0.2) is 35.2 Å². The zero-order chi connectivity index (χ0) is 14.3. The third kappa shape index (κ3) is 5.01. The van der Waals surface area contributed by atoms with Gasteiger partial charge in [0.2, 0.25) is 12.3 Å². The van der Waals surface area contributed by atoms with Gasteiger partial charge in [0, 0.05) is 17.1 Å². The van der Waals surface area contributed by atoms with Crippen molar-refractivity contribution in [2.75, 3.05) is 5.75 Å². The van der Waals surface area contributed by atoms with Gasteiger partial charge in [-0.25, -0.2) is 4.79 Å². The first-order chi connectivity index (χ1) is 9.04. The van der Waals surface area contributed by atoms with Crippen LogP contribution in [0.4, 0.5) is 0 Å². The van der Waals surface area contributed by atoms with Crippen LogP contribution in [0, 0.1) is 0 Å². The highest BCUT2D eigenvalue weighted by Crippen LogP contribution is 2.14. The van der Waals surface area contributed by atoms with Crippen molar-refractivity contribution in [2.24, 2.45) is 5.73 Å². The van der Waals surface area contributed by atoms with E-state index in [1.54, 1.807) is 18.2 Å². The molecule has 4 N–H and O–H groups in total. The number of aliphatic carboxylic acids is 1. The van der Waals surface area contributed by atoms with E-state index in [0.717, 1.165) is 5.56 Å². The molecule has 0 aliphatic carbocycles. The molecule has 0 saturated carbocycles. The van der Waals surface area contributed by atoms with E-state index in [0.29, 0.717) is 17.7 Å². The van der Waals surface area contributed by atoms with Crippen LogP contribution in [0.1, 0.15) is 15.9 Å². The molecular formula is C12H14N2O4S. The second kappa shape index (κ2) is 7.42. The first kappa shape index (κ1) is 15.0. The number of hydrogen-bond acceptors (Lipinski definition) is 4.